The first-order valence-corrected chi connectivity index (χ1v) is 7.21. The Morgan fingerprint density at radius 3 is 2.44 bits per heavy atom. The summed E-state index contributed by atoms with van der Waals surface area (Å²) in [6.45, 7) is 6.69. The Balaban J connectivity index is 2.12. The van der Waals surface area contributed by atoms with Gasteiger partial charge in [0.15, 0.2) is 0 Å². The van der Waals surface area contributed by atoms with Gasteiger partial charge >= 0.3 is 0 Å². The van der Waals surface area contributed by atoms with E-state index in [4.69, 9.17) is 0 Å². The molecule has 0 amide bonds. The van der Waals surface area contributed by atoms with E-state index in [1.807, 2.05) is 30.2 Å². The number of nitrogens with zero attached hydrogens (tertiary/aromatic N) is 1. The molecule has 1 aromatic carbocycles. The molecular formula is C16H19NS. The van der Waals surface area contributed by atoms with Gasteiger partial charge in [-0.25, -0.2) is 0 Å². The molecule has 0 aliphatic carbocycles. The highest BCUT2D eigenvalue weighted by Gasteiger charge is 2.08. The molecule has 0 fully saturated rings. The summed E-state index contributed by atoms with van der Waals surface area (Å²) in [6, 6.07) is 13.0. The SMILES string of the molecule is CC(C)c1cccc(SC(C)c2cccnc2)c1. The van der Waals surface area contributed by atoms with Crippen LogP contribution in [0.15, 0.2) is 53.7 Å². The van der Waals surface area contributed by atoms with Crippen molar-refractivity contribution in [3.05, 3.63) is 59.9 Å². The van der Waals surface area contributed by atoms with Crippen LogP contribution in [-0.4, -0.2) is 4.98 Å². The minimum absolute atomic E-state index is 0.432. The highest BCUT2D eigenvalue weighted by molar-refractivity contribution is 7.99. The molecule has 0 saturated heterocycles. The second kappa shape index (κ2) is 6.05. The van der Waals surface area contributed by atoms with Crippen molar-refractivity contribution in [1.82, 2.24) is 4.98 Å². The van der Waals surface area contributed by atoms with E-state index < -0.39 is 0 Å². The summed E-state index contributed by atoms with van der Waals surface area (Å²) in [5.41, 5.74) is 2.68. The van der Waals surface area contributed by atoms with Crippen molar-refractivity contribution in [2.75, 3.05) is 0 Å². The third kappa shape index (κ3) is 3.36. The number of pyridine rings is 1. The Hall–Kier alpha value is -1.28. The van der Waals surface area contributed by atoms with Crippen molar-refractivity contribution < 1.29 is 0 Å². The van der Waals surface area contributed by atoms with E-state index in [1.54, 1.807) is 0 Å². The standard InChI is InChI=1S/C16H19NS/c1-12(2)14-6-4-8-16(10-14)18-13(3)15-7-5-9-17-11-15/h4-13H,1-3H3. The zero-order valence-corrected chi connectivity index (χ0v) is 11.9. The van der Waals surface area contributed by atoms with Crippen LogP contribution in [0.1, 0.15) is 43.1 Å². The average Bonchev–Trinajstić information content (AvgIpc) is 2.40. The van der Waals surface area contributed by atoms with E-state index in [0.717, 1.165) is 0 Å². The topological polar surface area (TPSA) is 12.9 Å². The van der Waals surface area contributed by atoms with E-state index in [-0.39, 0.29) is 0 Å². The van der Waals surface area contributed by atoms with Crippen LogP contribution in [0, 0.1) is 0 Å². The molecule has 0 radical (unpaired) electrons. The van der Waals surface area contributed by atoms with E-state index >= 15 is 0 Å². The third-order valence-electron chi connectivity index (χ3n) is 2.99. The molecular weight excluding hydrogens is 238 g/mol. The monoisotopic (exact) mass is 257 g/mol. The highest BCUT2D eigenvalue weighted by Crippen LogP contribution is 2.35. The summed E-state index contributed by atoms with van der Waals surface area (Å²) in [6.07, 6.45) is 3.77. The van der Waals surface area contributed by atoms with Gasteiger partial charge < -0.3 is 0 Å². The van der Waals surface area contributed by atoms with Gasteiger partial charge in [-0.15, -0.1) is 11.8 Å². The molecule has 1 atom stereocenters. The minimum atomic E-state index is 0.432. The summed E-state index contributed by atoms with van der Waals surface area (Å²) in [7, 11) is 0. The molecule has 0 N–H and O–H groups in total. The quantitative estimate of drug-likeness (QED) is 0.710. The van der Waals surface area contributed by atoms with E-state index in [1.165, 1.54) is 16.0 Å². The maximum absolute atomic E-state index is 4.18. The molecule has 1 aromatic heterocycles. The second-order valence-electron chi connectivity index (χ2n) is 4.77. The van der Waals surface area contributed by atoms with Crippen molar-refractivity contribution in [2.24, 2.45) is 0 Å². The van der Waals surface area contributed by atoms with Gasteiger partial charge in [-0.1, -0.05) is 32.0 Å². The fraction of sp³-hybridized carbons (Fsp3) is 0.312. The Morgan fingerprint density at radius 1 is 1.00 bits per heavy atom. The lowest BCUT2D eigenvalue weighted by molar-refractivity contribution is 0.862. The number of hydrogen-bond acceptors (Lipinski definition) is 2. The van der Waals surface area contributed by atoms with Crippen molar-refractivity contribution in [2.45, 2.75) is 36.8 Å². The van der Waals surface area contributed by atoms with E-state index in [2.05, 4.69) is 56.1 Å². The number of aromatic nitrogens is 1. The van der Waals surface area contributed by atoms with Crippen molar-refractivity contribution in [3.63, 3.8) is 0 Å². The fourth-order valence-electron chi connectivity index (χ4n) is 1.84. The molecule has 0 saturated carbocycles. The van der Waals surface area contributed by atoms with Crippen LogP contribution in [0.4, 0.5) is 0 Å². The Bertz CT molecular complexity index is 493. The zero-order valence-electron chi connectivity index (χ0n) is 11.1. The predicted molar refractivity (Wildman–Crippen MR) is 79.0 cm³/mol. The molecule has 2 aromatic rings. The first-order valence-electron chi connectivity index (χ1n) is 6.33. The van der Waals surface area contributed by atoms with Crippen LogP contribution in [0.25, 0.3) is 0 Å². The van der Waals surface area contributed by atoms with Gasteiger partial charge in [0.05, 0.1) is 0 Å². The minimum Gasteiger partial charge on any atom is -0.264 e. The van der Waals surface area contributed by atoms with Gasteiger partial charge in [-0.3, -0.25) is 4.98 Å². The van der Waals surface area contributed by atoms with Crippen molar-refractivity contribution >= 4 is 11.8 Å². The molecule has 0 spiro atoms. The summed E-state index contributed by atoms with van der Waals surface area (Å²) < 4.78 is 0. The molecule has 2 rings (SSSR count). The van der Waals surface area contributed by atoms with Crippen LogP contribution in [-0.2, 0) is 0 Å². The number of rotatable bonds is 4. The number of thioether (sulfide) groups is 1. The summed E-state index contributed by atoms with van der Waals surface area (Å²) in [5, 5.41) is 0.432. The van der Waals surface area contributed by atoms with Crippen molar-refractivity contribution in [3.8, 4) is 0 Å². The van der Waals surface area contributed by atoms with E-state index in [0.29, 0.717) is 11.2 Å². The summed E-state index contributed by atoms with van der Waals surface area (Å²) in [4.78, 5) is 5.51. The first-order chi connectivity index (χ1) is 8.66. The Morgan fingerprint density at radius 2 is 1.78 bits per heavy atom. The van der Waals surface area contributed by atoms with Crippen LogP contribution < -0.4 is 0 Å². The van der Waals surface area contributed by atoms with Gasteiger partial charge in [0.1, 0.15) is 0 Å². The lowest BCUT2D eigenvalue weighted by atomic mass is 10.0. The van der Waals surface area contributed by atoms with Gasteiger partial charge in [-0.2, -0.15) is 0 Å². The maximum atomic E-state index is 4.18. The Labute approximate surface area is 114 Å². The lowest BCUT2D eigenvalue weighted by Crippen LogP contribution is -1.91. The molecule has 1 heterocycles. The van der Waals surface area contributed by atoms with Crippen LogP contribution in [0.5, 0.6) is 0 Å². The predicted octanol–water partition coefficient (Wildman–Crippen LogP) is 5.06. The first kappa shape index (κ1) is 13.2. The number of hydrogen-bond donors (Lipinski definition) is 0. The third-order valence-corrected chi connectivity index (χ3v) is 4.14. The molecule has 1 unspecified atom stereocenters. The Kier molecular flexibility index (Phi) is 4.43. The molecule has 1 nitrogen and oxygen atoms in total. The van der Waals surface area contributed by atoms with Crippen LogP contribution in [0.2, 0.25) is 0 Å². The van der Waals surface area contributed by atoms with Crippen LogP contribution >= 0.6 is 11.8 Å². The maximum Gasteiger partial charge on any atom is 0.0331 e. The molecule has 0 aliphatic heterocycles. The molecule has 94 valence electrons. The molecule has 2 heteroatoms. The summed E-state index contributed by atoms with van der Waals surface area (Å²) in [5.74, 6) is 0.583. The van der Waals surface area contributed by atoms with Gasteiger partial charge in [0.2, 0.25) is 0 Å². The molecule has 0 bridgehead atoms. The van der Waals surface area contributed by atoms with Gasteiger partial charge in [0.25, 0.3) is 0 Å². The summed E-state index contributed by atoms with van der Waals surface area (Å²) >= 11 is 1.89. The molecule has 0 aliphatic rings. The van der Waals surface area contributed by atoms with E-state index in [9.17, 15) is 0 Å². The zero-order chi connectivity index (χ0) is 13.0. The fourth-order valence-corrected chi connectivity index (χ4v) is 2.88. The highest BCUT2D eigenvalue weighted by atomic mass is 32.2. The average molecular weight is 257 g/mol. The lowest BCUT2D eigenvalue weighted by Gasteiger charge is -2.13. The van der Waals surface area contributed by atoms with Gasteiger partial charge in [-0.05, 0) is 42.2 Å². The molecule has 18 heavy (non-hydrogen) atoms. The second-order valence-corrected chi connectivity index (χ2v) is 6.19. The van der Waals surface area contributed by atoms with Crippen LogP contribution in [0.3, 0.4) is 0 Å². The smallest absolute Gasteiger partial charge is 0.0331 e. The van der Waals surface area contributed by atoms with Gasteiger partial charge in [0, 0.05) is 22.5 Å². The largest absolute Gasteiger partial charge is 0.264 e. The normalized spacial score (nSPS) is 12.7. The number of benzene rings is 1. The van der Waals surface area contributed by atoms with Crippen molar-refractivity contribution in [1.29, 1.82) is 0 Å².